The number of nitrogens with one attached hydrogen (secondary N) is 2. The Hall–Kier alpha value is -2.20. The van der Waals surface area contributed by atoms with Gasteiger partial charge in [0.2, 0.25) is 17.5 Å². The van der Waals surface area contributed by atoms with Crippen molar-refractivity contribution >= 4 is 11.7 Å². The molecule has 0 bridgehead atoms. The lowest BCUT2D eigenvalue weighted by molar-refractivity contribution is -0.130. The summed E-state index contributed by atoms with van der Waals surface area (Å²) in [5.41, 5.74) is -1.32. The molecule has 2 aliphatic rings. The summed E-state index contributed by atoms with van der Waals surface area (Å²) in [5, 5.41) is 14.8. The monoisotopic (exact) mass is 347 g/mol. The molecule has 2 fully saturated rings. The number of aromatic hydroxyl groups is 1. The number of nitrogens with zero attached hydrogens (tertiary/aromatic N) is 1. The predicted octanol–water partition coefficient (Wildman–Crippen LogP) is -0.0965. The molecule has 3 N–H and O–H groups in total. The van der Waals surface area contributed by atoms with Crippen LogP contribution in [0.1, 0.15) is 10.4 Å². The lowest BCUT2D eigenvalue weighted by atomic mass is 9.92. The van der Waals surface area contributed by atoms with Crippen LogP contribution in [0.4, 0.5) is 17.6 Å². The second-order valence-electron chi connectivity index (χ2n) is 5.55. The third kappa shape index (κ3) is 2.42. The first kappa shape index (κ1) is 16.7. The van der Waals surface area contributed by atoms with Crippen LogP contribution in [-0.2, 0) is 4.79 Å². The predicted molar refractivity (Wildman–Crippen MR) is 72.4 cm³/mol. The van der Waals surface area contributed by atoms with E-state index < -0.39 is 58.4 Å². The Labute approximate surface area is 133 Å². The molecule has 24 heavy (non-hydrogen) atoms. The van der Waals surface area contributed by atoms with Gasteiger partial charge in [0.05, 0.1) is 6.04 Å². The van der Waals surface area contributed by atoms with E-state index in [0.717, 1.165) is 0 Å². The van der Waals surface area contributed by atoms with Gasteiger partial charge in [-0.2, -0.15) is 4.39 Å². The van der Waals surface area contributed by atoms with Crippen LogP contribution in [0.3, 0.4) is 0 Å². The summed E-state index contributed by atoms with van der Waals surface area (Å²) in [7, 11) is 0. The third-order valence-corrected chi connectivity index (χ3v) is 4.21. The number of halogens is 4. The number of Topliss-reactive ketones (excluding diaryl/α,β-unsaturated/α-hetero) is 1. The molecule has 2 heterocycles. The second kappa shape index (κ2) is 6.02. The molecule has 3 rings (SSSR count). The van der Waals surface area contributed by atoms with E-state index in [1.165, 1.54) is 0 Å². The van der Waals surface area contributed by atoms with Crippen LogP contribution in [0.15, 0.2) is 0 Å². The Balaban J connectivity index is 2.04. The van der Waals surface area contributed by atoms with Gasteiger partial charge in [-0.3, -0.25) is 14.5 Å². The van der Waals surface area contributed by atoms with Crippen molar-refractivity contribution in [2.75, 3.05) is 26.2 Å². The van der Waals surface area contributed by atoms with E-state index in [-0.39, 0.29) is 6.54 Å². The number of ketones is 1. The number of hydrogen-bond donors (Lipinski definition) is 3. The molecule has 2 atom stereocenters. The molecule has 2 unspecified atom stereocenters. The van der Waals surface area contributed by atoms with E-state index in [2.05, 4.69) is 10.6 Å². The molecule has 2 saturated heterocycles. The van der Waals surface area contributed by atoms with E-state index in [9.17, 15) is 32.3 Å². The molecule has 0 radical (unpaired) electrons. The molecule has 130 valence electrons. The Bertz CT molecular complexity index is 697. The number of carbonyl (C=O) groups is 2. The molecule has 2 aliphatic heterocycles. The standard InChI is InChI=1S/C14H13F4N3O3/c15-6-5(12(22)9(18)8(17)7(6)16)13(23)10-11-14(24)20-2-4-21(11)3-1-19-10/h10-11,19,22H,1-4H2,(H,20,24). The van der Waals surface area contributed by atoms with Gasteiger partial charge in [-0.15, -0.1) is 0 Å². The number of rotatable bonds is 2. The smallest absolute Gasteiger partial charge is 0.239 e. The summed E-state index contributed by atoms with van der Waals surface area (Å²) < 4.78 is 53.9. The van der Waals surface area contributed by atoms with Crippen molar-refractivity contribution < 1.29 is 32.3 Å². The molecule has 10 heteroatoms. The fraction of sp³-hybridized carbons (Fsp3) is 0.429. The maximum absolute atomic E-state index is 13.9. The maximum Gasteiger partial charge on any atom is 0.239 e. The Kier molecular flexibility index (Phi) is 4.18. The summed E-state index contributed by atoms with van der Waals surface area (Å²) in [6.45, 7) is 1.54. The average molecular weight is 347 g/mol. The van der Waals surface area contributed by atoms with Crippen LogP contribution in [0, 0.1) is 23.3 Å². The fourth-order valence-electron chi connectivity index (χ4n) is 3.06. The molecule has 1 amide bonds. The number of benzene rings is 1. The number of phenolic OH excluding ortho intramolecular Hbond substituents is 1. The highest BCUT2D eigenvalue weighted by Crippen LogP contribution is 2.31. The van der Waals surface area contributed by atoms with Gasteiger partial charge in [-0.1, -0.05) is 0 Å². The molecule has 0 aliphatic carbocycles. The van der Waals surface area contributed by atoms with Gasteiger partial charge < -0.3 is 15.7 Å². The average Bonchev–Trinajstić information content (AvgIpc) is 2.58. The van der Waals surface area contributed by atoms with Crippen LogP contribution in [-0.4, -0.2) is 60.0 Å². The molecule has 0 saturated carbocycles. The van der Waals surface area contributed by atoms with Crippen molar-refractivity contribution in [3.63, 3.8) is 0 Å². The zero-order valence-electron chi connectivity index (χ0n) is 12.2. The SMILES string of the molecule is O=C(c1c(O)c(F)c(F)c(F)c1F)C1NCCN2CCNC(=O)C12. The van der Waals surface area contributed by atoms with E-state index in [0.29, 0.717) is 19.6 Å². The van der Waals surface area contributed by atoms with Gasteiger partial charge in [0.15, 0.2) is 23.2 Å². The molecule has 0 spiro atoms. The highest BCUT2D eigenvalue weighted by molar-refractivity contribution is 6.06. The number of fused-ring (bicyclic) bond motifs is 1. The number of phenols is 1. The van der Waals surface area contributed by atoms with E-state index >= 15 is 0 Å². The van der Waals surface area contributed by atoms with Crippen molar-refractivity contribution in [2.45, 2.75) is 12.1 Å². The lowest BCUT2D eigenvalue weighted by Gasteiger charge is -2.42. The topological polar surface area (TPSA) is 81.7 Å². The highest BCUT2D eigenvalue weighted by Gasteiger charge is 2.44. The Morgan fingerprint density at radius 3 is 2.38 bits per heavy atom. The third-order valence-electron chi connectivity index (χ3n) is 4.21. The first-order valence-electron chi connectivity index (χ1n) is 7.18. The van der Waals surface area contributed by atoms with E-state index in [1.54, 1.807) is 4.90 Å². The van der Waals surface area contributed by atoms with E-state index in [1.807, 2.05) is 0 Å². The summed E-state index contributed by atoms with van der Waals surface area (Å²) >= 11 is 0. The van der Waals surface area contributed by atoms with Crippen LogP contribution >= 0.6 is 0 Å². The molecule has 1 aromatic carbocycles. The fourth-order valence-corrected chi connectivity index (χ4v) is 3.06. The Morgan fingerprint density at radius 2 is 1.67 bits per heavy atom. The van der Waals surface area contributed by atoms with Crippen LogP contribution in [0.5, 0.6) is 5.75 Å². The molecular formula is C14H13F4N3O3. The Morgan fingerprint density at radius 1 is 1.04 bits per heavy atom. The number of piperazine rings is 2. The van der Waals surface area contributed by atoms with Gasteiger partial charge in [0, 0.05) is 26.2 Å². The van der Waals surface area contributed by atoms with Gasteiger partial charge in [0.1, 0.15) is 11.6 Å². The van der Waals surface area contributed by atoms with Crippen molar-refractivity contribution in [3.8, 4) is 5.75 Å². The van der Waals surface area contributed by atoms with Crippen LogP contribution < -0.4 is 10.6 Å². The zero-order valence-corrected chi connectivity index (χ0v) is 12.2. The van der Waals surface area contributed by atoms with E-state index in [4.69, 9.17) is 0 Å². The normalized spacial score (nSPS) is 24.4. The highest BCUT2D eigenvalue weighted by atomic mass is 19.2. The van der Waals surface area contributed by atoms with Gasteiger partial charge in [0.25, 0.3) is 0 Å². The minimum Gasteiger partial charge on any atom is -0.504 e. The summed E-state index contributed by atoms with van der Waals surface area (Å²) in [5.74, 6) is -11.8. The van der Waals surface area contributed by atoms with Crippen molar-refractivity contribution in [2.24, 2.45) is 0 Å². The van der Waals surface area contributed by atoms with Crippen molar-refractivity contribution in [3.05, 3.63) is 28.8 Å². The minimum absolute atomic E-state index is 0.273. The van der Waals surface area contributed by atoms with Gasteiger partial charge in [-0.25, -0.2) is 13.2 Å². The molecule has 6 nitrogen and oxygen atoms in total. The number of carbonyl (C=O) groups excluding carboxylic acids is 2. The maximum atomic E-state index is 13.9. The summed E-state index contributed by atoms with van der Waals surface area (Å²) in [6, 6.07) is -2.35. The largest absolute Gasteiger partial charge is 0.504 e. The van der Waals surface area contributed by atoms with Gasteiger partial charge >= 0.3 is 0 Å². The van der Waals surface area contributed by atoms with Crippen LogP contribution in [0.25, 0.3) is 0 Å². The van der Waals surface area contributed by atoms with Crippen LogP contribution in [0.2, 0.25) is 0 Å². The molecule has 1 aromatic rings. The molecular weight excluding hydrogens is 334 g/mol. The van der Waals surface area contributed by atoms with Crippen molar-refractivity contribution in [1.29, 1.82) is 0 Å². The minimum atomic E-state index is -2.21. The summed E-state index contributed by atoms with van der Waals surface area (Å²) in [6.07, 6.45) is 0. The lowest BCUT2D eigenvalue weighted by Crippen LogP contribution is -2.69. The second-order valence-corrected chi connectivity index (χ2v) is 5.55. The molecule has 0 aromatic heterocycles. The van der Waals surface area contributed by atoms with Crippen molar-refractivity contribution in [1.82, 2.24) is 15.5 Å². The first-order valence-corrected chi connectivity index (χ1v) is 7.18. The summed E-state index contributed by atoms with van der Waals surface area (Å²) in [4.78, 5) is 26.2. The quantitative estimate of drug-likeness (QED) is 0.301. The number of hydrogen-bond acceptors (Lipinski definition) is 5. The first-order chi connectivity index (χ1) is 11.3. The zero-order chi connectivity index (χ0) is 17.6. The number of amides is 1. The van der Waals surface area contributed by atoms with Gasteiger partial charge in [-0.05, 0) is 0 Å².